The molecule has 10 atom stereocenters. The van der Waals surface area contributed by atoms with E-state index in [2.05, 4.69) is 62.5 Å². The Hall–Kier alpha value is -8.63. The lowest BCUT2D eigenvalue weighted by Crippen LogP contribution is -2.61. The molecule has 4 aromatic rings. The van der Waals surface area contributed by atoms with E-state index < -0.39 is 119 Å². The predicted molar refractivity (Wildman–Crippen MR) is 332 cm³/mol. The van der Waals surface area contributed by atoms with Crippen molar-refractivity contribution in [3.8, 4) is 5.75 Å². The maximum atomic E-state index is 14.9. The number of imidazole rings is 1. The van der Waals surface area contributed by atoms with Crippen molar-refractivity contribution in [1.82, 2.24) is 57.5 Å². The van der Waals surface area contributed by atoms with E-state index in [-0.39, 0.29) is 75.7 Å². The predicted octanol–water partition coefficient (Wildman–Crippen LogP) is -0.416. The number of aliphatic carboxylic acids is 1. The van der Waals surface area contributed by atoms with E-state index >= 15 is 0 Å². The molecule has 484 valence electrons. The molecule has 2 aromatic carbocycles. The lowest BCUT2D eigenvalue weighted by Gasteiger charge is -2.29. The summed E-state index contributed by atoms with van der Waals surface area (Å²) in [6.07, 6.45) is 6.23. The SMILES string of the molecule is CC[C@H](C)[C@H](NC(=O)[C@H](Cc1c[nH]c2ccccc12)NC(=O)[C@H](CCCCN)NC(=O)[C@H](CCCN=C(N)N)NC(=O)[C@H](Cc1ccc(O)cc1)NC(=O)[C@H](Cc1cnc[nH]1)NC(=O)[C@@H](NC(=O)[C@@H](N)C(C)C)C(C)C)C(=O)N[C@@H](CCCCN)C(=O)O. The number of nitrogens with one attached hydrogen (secondary N) is 10. The number of hydrogen-bond donors (Lipinski definition) is 17. The molecule has 28 nitrogen and oxygen atoms in total. The summed E-state index contributed by atoms with van der Waals surface area (Å²) in [6.45, 7) is 11.0. The molecule has 0 aliphatic carbocycles. The minimum Gasteiger partial charge on any atom is -0.508 e. The minimum atomic E-state index is -1.48. The maximum Gasteiger partial charge on any atom is 0.326 e. The average molecular weight is 1230 g/mol. The number of rotatable bonds is 39. The van der Waals surface area contributed by atoms with Crippen molar-refractivity contribution >= 4 is 70.1 Å². The molecule has 4 rings (SSSR count). The molecule has 0 spiro atoms. The normalized spacial score (nSPS) is 14.8. The van der Waals surface area contributed by atoms with Gasteiger partial charge in [0.15, 0.2) is 5.96 Å². The number of carboxylic acid groups (broad SMARTS) is 1. The summed E-state index contributed by atoms with van der Waals surface area (Å²) in [4.78, 5) is 141. The standard InChI is InChI=1S/C60H93N17O11/c1-7-35(6)50(58(86)72-44(59(87)88)18-11-13-25-62)77-55(83)46(28-37-30-68-41-16-9-8-15-40(37)41)74-52(80)42(17-10-12-24-61)70-51(79)43(19-14-26-67-60(64)65)71-53(81)45(27-36-20-22-39(78)23-21-36)73-54(82)47(29-38-31-66-32-69-38)75-57(85)49(34(4)5)76-56(84)48(63)33(2)3/h8-9,15-16,20-23,30-35,42-50,68,78H,7,10-14,17-19,24-29,61-63H2,1-6H3,(H,66,69)(H,70,79)(H,71,81)(H,72,86)(H,73,82)(H,74,80)(H,75,85)(H,76,84)(H,77,83)(H,87,88)(H4,64,65,67)/t35-,42-,43-,44-,45-,46-,47-,48-,49-,50-/m0/s1. The van der Waals surface area contributed by atoms with Crippen molar-refractivity contribution in [2.45, 2.75) is 173 Å². The van der Waals surface area contributed by atoms with E-state index in [1.807, 2.05) is 18.2 Å². The molecule has 0 bridgehead atoms. The van der Waals surface area contributed by atoms with Crippen LogP contribution in [0.25, 0.3) is 10.9 Å². The number of carbonyl (C=O) groups excluding carboxylic acids is 8. The van der Waals surface area contributed by atoms with E-state index in [1.165, 1.54) is 36.8 Å². The van der Waals surface area contributed by atoms with Gasteiger partial charge in [-0.15, -0.1) is 0 Å². The number of nitrogens with two attached hydrogens (primary N) is 5. The largest absolute Gasteiger partial charge is 0.508 e. The van der Waals surface area contributed by atoms with Gasteiger partial charge in [0, 0.05) is 54.8 Å². The van der Waals surface area contributed by atoms with Gasteiger partial charge in [0.2, 0.25) is 47.3 Å². The Morgan fingerprint density at radius 3 is 1.61 bits per heavy atom. The number of benzene rings is 2. The second kappa shape index (κ2) is 36.5. The number of phenols is 1. The molecule has 88 heavy (non-hydrogen) atoms. The van der Waals surface area contributed by atoms with Gasteiger partial charge in [0.05, 0.1) is 12.4 Å². The van der Waals surface area contributed by atoms with Gasteiger partial charge in [0.1, 0.15) is 54.1 Å². The van der Waals surface area contributed by atoms with Gasteiger partial charge in [-0.05, 0) is 112 Å². The monoisotopic (exact) mass is 1230 g/mol. The van der Waals surface area contributed by atoms with E-state index in [9.17, 15) is 53.4 Å². The first-order valence-electron chi connectivity index (χ1n) is 30.0. The molecule has 0 aliphatic rings. The lowest BCUT2D eigenvalue weighted by molar-refractivity contribution is -0.143. The van der Waals surface area contributed by atoms with Gasteiger partial charge in [-0.2, -0.15) is 0 Å². The number of phenolic OH excluding ortho intramolecular Hbond substituents is 1. The summed E-state index contributed by atoms with van der Waals surface area (Å²) in [5, 5.41) is 42.8. The van der Waals surface area contributed by atoms with Crippen LogP contribution in [-0.2, 0) is 62.4 Å². The van der Waals surface area contributed by atoms with Crippen LogP contribution in [0.3, 0.4) is 0 Å². The fourth-order valence-electron chi connectivity index (χ4n) is 9.57. The summed E-state index contributed by atoms with van der Waals surface area (Å²) in [5.41, 5.74) is 31.2. The zero-order valence-corrected chi connectivity index (χ0v) is 51.2. The number of aromatic amines is 2. The van der Waals surface area contributed by atoms with Gasteiger partial charge in [-0.1, -0.05) is 78.3 Å². The Balaban J connectivity index is 1.72. The Kier molecular flexibility index (Phi) is 29.8. The molecule has 28 heteroatoms. The van der Waals surface area contributed by atoms with E-state index in [0.717, 1.165) is 10.9 Å². The van der Waals surface area contributed by atoms with Crippen LogP contribution in [0.2, 0.25) is 0 Å². The Morgan fingerprint density at radius 2 is 1.07 bits per heavy atom. The molecular weight excluding hydrogens is 1130 g/mol. The van der Waals surface area contributed by atoms with Crippen LogP contribution in [0.1, 0.15) is 116 Å². The smallest absolute Gasteiger partial charge is 0.326 e. The quantitative estimate of drug-likeness (QED) is 0.0153. The highest BCUT2D eigenvalue weighted by atomic mass is 16.4. The number of para-hydroxylation sites is 1. The number of aromatic nitrogens is 3. The molecule has 0 radical (unpaired) electrons. The molecular formula is C60H93N17O11. The topological polar surface area (TPSA) is 477 Å². The third-order valence-corrected chi connectivity index (χ3v) is 15.1. The maximum absolute atomic E-state index is 14.9. The number of hydrogen-bond acceptors (Lipinski definition) is 15. The number of nitrogens with zero attached hydrogens (tertiary/aromatic N) is 2. The highest BCUT2D eigenvalue weighted by molar-refractivity contribution is 5.99. The number of carboxylic acids is 1. The van der Waals surface area contributed by atoms with Crippen LogP contribution >= 0.6 is 0 Å². The summed E-state index contributed by atoms with van der Waals surface area (Å²) >= 11 is 0. The molecule has 8 amide bonds. The highest BCUT2D eigenvalue weighted by Gasteiger charge is 2.37. The van der Waals surface area contributed by atoms with Crippen molar-refractivity contribution in [2.24, 2.45) is 51.4 Å². The molecule has 0 unspecified atom stereocenters. The number of unbranched alkanes of at least 4 members (excludes halogenated alkanes) is 2. The van der Waals surface area contributed by atoms with E-state index in [1.54, 1.807) is 53.8 Å². The first-order chi connectivity index (χ1) is 41.9. The molecule has 0 aliphatic heterocycles. The first-order valence-corrected chi connectivity index (χ1v) is 30.0. The summed E-state index contributed by atoms with van der Waals surface area (Å²) in [5.74, 6) is -9.00. The van der Waals surface area contributed by atoms with E-state index in [4.69, 9.17) is 28.7 Å². The van der Waals surface area contributed by atoms with Crippen LogP contribution in [0.5, 0.6) is 5.75 Å². The number of H-pyrrole nitrogens is 2. The highest BCUT2D eigenvalue weighted by Crippen LogP contribution is 2.21. The molecule has 2 aromatic heterocycles. The van der Waals surface area contributed by atoms with Crippen molar-refractivity contribution in [3.05, 3.63) is 84.1 Å². The molecule has 22 N–H and O–H groups in total. The summed E-state index contributed by atoms with van der Waals surface area (Å²) < 4.78 is 0. The average Bonchev–Trinajstić information content (AvgIpc) is 4.36. The van der Waals surface area contributed by atoms with Crippen LogP contribution in [-0.4, -0.2) is 158 Å². The van der Waals surface area contributed by atoms with Gasteiger partial charge >= 0.3 is 5.97 Å². The zero-order chi connectivity index (χ0) is 65.0. The third-order valence-electron chi connectivity index (χ3n) is 15.1. The molecule has 0 fully saturated rings. The fraction of sp³-hybridized carbons (Fsp3) is 0.550. The second-order valence-corrected chi connectivity index (χ2v) is 22.8. The van der Waals surface area contributed by atoms with Crippen molar-refractivity contribution in [2.75, 3.05) is 19.6 Å². The fourth-order valence-corrected chi connectivity index (χ4v) is 9.57. The number of fused-ring (bicyclic) bond motifs is 1. The third kappa shape index (κ3) is 23.2. The molecule has 2 heterocycles. The number of carbonyl (C=O) groups is 9. The lowest BCUT2D eigenvalue weighted by atomic mass is 9.96. The number of amides is 8. The zero-order valence-electron chi connectivity index (χ0n) is 51.2. The number of aromatic hydroxyl groups is 1. The van der Waals surface area contributed by atoms with Gasteiger partial charge in [-0.25, -0.2) is 9.78 Å². The van der Waals surface area contributed by atoms with Gasteiger partial charge in [0.25, 0.3) is 0 Å². The Labute approximate surface area is 513 Å². The van der Waals surface area contributed by atoms with Crippen LogP contribution in [0.4, 0.5) is 0 Å². The number of aliphatic imine (C=N–C) groups is 1. The summed E-state index contributed by atoms with van der Waals surface area (Å²) in [6, 6.07) is 1.48. The Bertz CT molecular complexity index is 2930. The van der Waals surface area contributed by atoms with Crippen molar-refractivity contribution < 1.29 is 53.4 Å². The minimum absolute atomic E-state index is 0.00164. The van der Waals surface area contributed by atoms with Gasteiger partial charge < -0.3 is 91.4 Å². The molecule has 0 saturated carbocycles. The van der Waals surface area contributed by atoms with Crippen molar-refractivity contribution in [1.29, 1.82) is 0 Å². The van der Waals surface area contributed by atoms with E-state index in [0.29, 0.717) is 55.5 Å². The van der Waals surface area contributed by atoms with Crippen LogP contribution in [0.15, 0.2) is 72.2 Å². The van der Waals surface area contributed by atoms with Crippen LogP contribution in [0, 0.1) is 17.8 Å². The van der Waals surface area contributed by atoms with Crippen molar-refractivity contribution in [3.63, 3.8) is 0 Å². The Morgan fingerprint density at radius 1 is 0.568 bits per heavy atom. The van der Waals surface area contributed by atoms with Crippen LogP contribution < -0.4 is 71.2 Å². The number of guanidine groups is 1. The first kappa shape index (κ1) is 71.8. The van der Waals surface area contributed by atoms with Gasteiger partial charge in [-0.3, -0.25) is 43.3 Å². The second-order valence-electron chi connectivity index (χ2n) is 22.8. The summed E-state index contributed by atoms with van der Waals surface area (Å²) in [7, 11) is 0. The molecule has 0 saturated heterocycles.